The predicted molar refractivity (Wildman–Crippen MR) is 60.2 cm³/mol. The van der Waals surface area contributed by atoms with E-state index in [1.54, 1.807) is 13.0 Å². The number of rotatable bonds is 2. The standard InChI is InChI=1S/C12H9ClO4/c1-2-17-12(16)9-10(14)6-4-3-5-7(13)8(6)11(9)15/h3-5,9H,2H2,1H3. The van der Waals surface area contributed by atoms with E-state index in [0.29, 0.717) is 0 Å². The van der Waals surface area contributed by atoms with Gasteiger partial charge in [0.2, 0.25) is 0 Å². The van der Waals surface area contributed by atoms with Crippen molar-refractivity contribution in [1.82, 2.24) is 0 Å². The molecule has 0 N–H and O–H groups in total. The Bertz CT molecular complexity index is 521. The van der Waals surface area contributed by atoms with E-state index in [1.807, 2.05) is 0 Å². The highest BCUT2D eigenvalue weighted by Gasteiger charge is 2.45. The van der Waals surface area contributed by atoms with E-state index < -0.39 is 23.5 Å². The SMILES string of the molecule is CCOC(=O)C1C(=O)c2cccc(Cl)c2C1=O. The molecule has 0 heterocycles. The van der Waals surface area contributed by atoms with Gasteiger partial charge in [0.1, 0.15) is 0 Å². The highest BCUT2D eigenvalue weighted by molar-refractivity contribution is 6.41. The molecule has 1 aromatic rings. The molecule has 0 aliphatic heterocycles. The second-order valence-electron chi connectivity index (χ2n) is 3.58. The largest absolute Gasteiger partial charge is 0.465 e. The van der Waals surface area contributed by atoms with Gasteiger partial charge in [-0.3, -0.25) is 14.4 Å². The van der Waals surface area contributed by atoms with Crippen LogP contribution in [0.15, 0.2) is 18.2 Å². The second-order valence-corrected chi connectivity index (χ2v) is 3.98. The van der Waals surface area contributed by atoms with E-state index in [2.05, 4.69) is 0 Å². The van der Waals surface area contributed by atoms with Gasteiger partial charge in [0.15, 0.2) is 17.5 Å². The lowest BCUT2D eigenvalue weighted by Crippen LogP contribution is -2.27. The zero-order valence-corrected chi connectivity index (χ0v) is 9.78. The molecule has 0 saturated heterocycles. The normalized spacial score (nSPS) is 18.1. The first-order valence-electron chi connectivity index (χ1n) is 5.11. The number of carbonyl (C=O) groups is 3. The van der Waals surface area contributed by atoms with Crippen molar-refractivity contribution in [1.29, 1.82) is 0 Å². The van der Waals surface area contributed by atoms with Gasteiger partial charge < -0.3 is 4.74 Å². The van der Waals surface area contributed by atoms with E-state index in [9.17, 15) is 14.4 Å². The lowest BCUT2D eigenvalue weighted by Gasteiger charge is -2.05. The molecule has 17 heavy (non-hydrogen) atoms. The first-order valence-corrected chi connectivity index (χ1v) is 5.49. The molecule has 1 aromatic carbocycles. The zero-order valence-electron chi connectivity index (χ0n) is 9.03. The first-order chi connectivity index (χ1) is 8.07. The zero-order chi connectivity index (χ0) is 12.6. The number of esters is 1. The Balaban J connectivity index is 2.46. The summed E-state index contributed by atoms with van der Waals surface area (Å²) in [7, 11) is 0. The van der Waals surface area contributed by atoms with Crippen molar-refractivity contribution >= 4 is 29.1 Å². The van der Waals surface area contributed by atoms with E-state index in [0.717, 1.165) is 0 Å². The summed E-state index contributed by atoms with van der Waals surface area (Å²) in [6.45, 7) is 1.74. The summed E-state index contributed by atoms with van der Waals surface area (Å²) >= 11 is 5.85. The van der Waals surface area contributed by atoms with Gasteiger partial charge in [-0.1, -0.05) is 23.7 Å². The summed E-state index contributed by atoms with van der Waals surface area (Å²) in [5, 5.41) is 0.188. The minimum Gasteiger partial charge on any atom is -0.465 e. The number of hydrogen-bond donors (Lipinski definition) is 0. The summed E-state index contributed by atoms with van der Waals surface area (Å²) < 4.78 is 4.71. The van der Waals surface area contributed by atoms with Gasteiger partial charge in [0.05, 0.1) is 11.6 Å². The van der Waals surface area contributed by atoms with Crippen LogP contribution < -0.4 is 0 Å². The van der Waals surface area contributed by atoms with Gasteiger partial charge in [0.25, 0.3) is 0 Å². The average Bonchev–Trinajstić information content (AvgIpc) is 2.53. The molecule has 0 spiro atoms. The highest BCUT2D eigenvalue weighted by Crippen LogP contribution is 2.32. The molecule has 0 amide bonds. The van der Waals surface area contributed by atoms with Crippen LogP contribution in [-0.2, 0) is 9.53 Å². The molecule has 88 valence electrons. The van der Waals surface area contributed by atoms with Gasteiger partial charge in [0, 0.05) is 11.1 Å². The van der Waals surface area contributed by atoms with Crippen molar-refractivity contribution in [2.45, 2.75) is 6.92 Å². The maximum atomic E-state index is 11.9. The number of benzene rings is 1. The molecule has 1 atom stereocenters. The molecule has 0 bridgehead atoms. The maximum absolute atomic E-state index is 11.9. The molecule has 1 unspecified atom stereocenters. The number of halogens is 1. The summed E-state index contributed by atoms with van der Waals surface area (Å²) in [4.78, 5) is 35.4. The van der Waals surface area contributed by atoms with Crippen LogP contribution >= 0.6 is 11.6 Å². The van der Waals surface area contributed by atoms with E-state index >= 15 is 0 Å². The second kappa shape index (κ2) is 4.30. The Kier molecular flexibility index (Phi) is 2.98. The Morgan fingerprint density at radius 3 is 2.65 bits per heavy atom. The van der Waals surface area contributed by atoms with Crippen LogP contribution in [0.2, 0.25) is 5.02 Å². The minimum absolute atomic E-state index is 0.122. The van der Waals surface area contributed by atoms with Gasteiger partial charge in [-0.05, 0) is 13.0 Å². The lowest BCUT2D eigenvalue weighted by atomic mass is 10.0. The smallest absolute Gasteiger partial charge is 0.324 e. The number of fused-ring (bicyclic) bond motifs is 1. The van der Waals surface area contributed by atoms with Crippen LogP contribution in [-0.4, -0.2) is 24.1 Å². The van der Waals surface area contributed by atoms with Crippen LogP contribution in [0.4, 0.5) is 0 Å². The molecule has 1 aliphatic carbocycles. The van der Waals surface area contributed by atoms with Crippen molar-refractivity contribution in [3.8, 4) is 0 Å². The lowest BCUT2D eigenvalue weighted by molar-refractivity contribution is -0.144. The van der Waals surface area contributed by atoms with Crippen LogP contribution in [0.1, 0.15) is 27.6 Å². The monoisotopic (exact) mass is 252 g/mol. The van der Waals surface area contributed by atoms with Crippen molar-refractivity contribution in [3.05, 3.63) is 34.3 Å². The fourth-order valence-electron chi connectivity index (χ4n) is 1.84. The minimum atomic E-state index is -1.38. The van der Waals surface area contributed by atoms with Crippen LogP contribution in [0.25, 0.3) is 0 Å². The fourth-order valence-corrected chi connectivity index (χ4v) is 2.11. The third-order valence-corrected chi connectivity index (χ3v) is 2.89. The van der Waals surface area contributed by atoms with Crippen LogP contribution in [0, 0.1) is 5.92 Å². The summed E-state index contributed by atoms with van der Waals surface area (Å²) in [6.07, 6.45) is 0. The molecule has 1 aliphatic rings. The maximum Gasteiger partial charge on any atom is 0.324 e. The van der Waals surface area contributed by atoms with Crippen molar-refractivity contribution in [3.63, 3.8) is 0 Å². The van der Waals surface area contributed by atoms with Gasteiger partial charge >= 0.3 is 5.97 Å². The Hall–Kier alpha value is -1.68. The molecular weight excluding hydrogens is 244 g/mol. The number of ether oxygens (including phenoxy) is 1. The molecule has 0 fully saturated rings. The molecule has 4 nitrogen and oxygen atoms in total. The number of carbonyl (C=O) groups excluding carboxylic acids is 3. The van der Waals surface area contributed by atoms with Crippen LogP contribution in [0.5, 0.6) is 0 Å². The van der Waals surface area contributed by atoms with Crippen LogP contribution in [0.3, 0.4) is 0 Å². The highest BCUT2D eigenvalue weighted by atomic mass is 35.5. The number of Topliss-reactive ketones (excluding diaryl/α,β-unsaturated/α-hetero) is 2. The first kappa shape index (κ1) is 11.8. The van der Waals surface area contributed by atoms with E-state index in [1.165, 1.54) is 12.1 Å². The van der Waals surface area contributed by atoms with Gasteiger partial charge in [-0.25, -0.2) is 0 Å². The fraction of sp³-hybridized carbons (Fsp3) is 0.250. The molecule has 0 radical (unpaired) electrons. The number of ketones is 2. The molecular formula is C12H9ClO4. The van der Waals surface area contributed by atoms with Gasteiger partial charge in [-0.15, -0.1) is 0 Å². The predicted octanol–water partition coefficient (Wildman–Crippen LogP) is 1.90. The van der Waals surface area contributed by atoms with Crippen molar-refractivity contribution in [2.24, 2.45) is 5.92 Å². The average molecular weight is 253 g/mol. The Labute approximate surface area is 103 Å². The summed E-state index contributed by atoms with van der Waals surface area (Å²) in [6, 6.07) is 4.57. The summed E-state index contributed by atoms with van der Waals surface area (Å²) in [5.41, 5.74) is 0.317. The van der Waals surface area contributed by atoms with E-state index in [-0.39, 0.29) is 22.8 Å². The van der Waals surface area contributed by atoms with Gasteiger partial charge in [-0.2, -0.15) is 0 Å². The van der Waals surface area contributed by atoms with Crippen molar-refractivity contribution in [2.75, 3.05) is 6.61 Å². The Morgan fingerprint density at radius 2 is 2.06 bits per heavy atom. The molecule has 5 heteroatoms. The number of hydrogen-bond acceptors (Lipinski definition) is 4. The van der Waals surface area contributed by atoms with Crippen molar-refractivity contribution < 1.29 is 19.1 Å². The third kappa shape index (κ3) is 1.74. The molecule has 0 aromatic heterocycles. The quantitative estimate of drug-likeness (QED) is 0.596. The van der Waals surface area contributed by atoms with E-state index in [4.69, 9.17) is 16.3 Å². The third-order valence-electron chi connectivity index (χ3n) is 2.57. The molecule has 0 saturated carbocycles. The summed E-state index contributed by atoms with van der Waals surface area (Å²) in [5.74, 6) is -3.31. The molecule has 2 rings (SSSR count). The topological polar surface area (TPSA) is 60.4 Å². The Morgan fingerprint density at radius 1 is 1.35 bits per heavy atom.